The van der Waals surface area contributed by atoms with Gasteiger partial charge in [0, 0.05) is 19.8 Å². The molecule has 0 radical (unpaired) electrons. The number of amides is 1. The molecule has 0 aliphatic carbocycles. The molecule has 2 aromatic heterocycles. The summed E-state index contributed by atoms with van der Waals surface area (Å²) in [7, 11) is 5.87. The maximum absolute atomic E-state index is 13.2. The molecular formula is C19H26ClN5OS. The molecular weight excluding hydrogens is 382 g/mol. The van der Waals surface area contributed by atoms with E-state index in [1.165, 1.54) is 5.56 Å². The van der Waals surface area contributed by atoms with Crippen molar-refractivity contribution in [2.45, 2.75) is 20.3 Å². The molecule has 0 saturated heterocycles. The highest BCUT2D eigenvalue weighted by Crippen LogP contribution is 2.33. The smallest absolute Gasteiger partial charge is 0.278 e. The second kappa shape index (κ2) is 8.82. The van der Waals surface area contributed by atoms with Crippen LogP contribution in [-0.2, 0) is 7.05 Å². The van der Waals surface area contributed by atoms with Crippen molar-refractivity contribution in [3.8, 4) is 0 Å². The van der Waals surface area contributed by atoms with Crippen LogP contribution in [0.2, 0.25) is 0 Å². The number of carbonyl (C=O) groups excluding carboxylic acids is 1. The van der Waals surface area contributed by atoms with Gasteiger partial charge < -0.3 is 4.90 Å². The first kappa shape index (κ1) is 21.3. The van der Waals surface area contributed by atoms with Crippen molar-refractivity contribution in [2.24, 2.45) is 7.05 Å². The zero-order valence-electron chi connectivity index (χ0n) is 16.4. The second-order valence-electron chi connectivity index (χ2n) is 6.83. The van der Waals surface area contributed by atoms with Crippen LogP contribution >= 0.6 is 23.7 Å². The highest BCUT2D eigenvalue weighted by atomic mass is 35.5. The maximum Gasteiger partial charge on any atom is 0.278 e. The number of anilines is 1. The number of aryl methyl sites for hydroxylation is 3. The Kier molecular flexibility index (Phi) is 6.97. The number of rotatable bonds is 6. The van der Waals surface area contributed by atoms with Gasteiger partial charge in [0.1, 0.15) is 5.69 Å². The lowest BCUT2D eigenvalue weighted by Gasteiger charge is -2.21. The summed E-state index contributed by atoms with van der Waals surface area (Å²) in [5.74, 6) is -0.0573. The van der Waals surface area contributed by atoms with Crippen LogP contribution in [0, 0.1) is 13.8 Å². The van der Waals surface area contributed by atoms with Gasteiger partial charge in [-0.2, -0.15) is 5.10 Å². The number of carbonyl (C=O) groups is 1. The minimum Gasteiger partial charge on any atom is -0.309 e. The van der Waals surface area contributed by atoms with Gasteiger partial charge in [-0.15, -0.1) is 12.4 Å². The summed E-state index contributed by atoms with van der Waals surface area (Å²) in [6, 6.07) is 5.95. The van der Waals surface area contributed by atoms with Gasteiger partial charge in [0.05, 0.1) is 10.2 Å². The van der Waals surface area contributed by atoms with Crippen molar-refractivity contribution in [3.05, 3.63) is 41.2 Å². The lowest BCUT2D eigenvalue weighted by atomic mass is 10.1. The van der Waals surface area contributed by atoms with E-state index in [0.29, 0.717) is 12.2 Å². The first-order chi connectivity index (χ1) is 12.4. The van der Waals surface area contributed by atoms with Crippen molar-refractivity contribution in [1.82, 2.24) is 19.7 Å². The standard InChI is InChI=1S/C19H25N5OS.ClH/c1-13-7-8-14(2)17-16(13)21-19(26-17)24(12-6-11-22(3)4)18(25)15-9-10-20-23(15)5;/h7-10H,6,11-12H2,1-5H3;1H. The van der Waals surface area contributed by atoms with E-state index >= 15 is 0 Å². The minimum atomic E-state index is -0.0573. The van der Waals surface area contributed by atoms with Crippen molar-refractivity contribution in [3.63, 3.8) is 0 Å². The summed E-state index contributed by atoms with van der Waals surface area (Å²) in [6.07, 6.45) is 2.53. The summed E-state index contributed by atoms with van der Waals surface area (Å²) < 4.78 is 2.76. The topological polar surface area (TPSA) is 54.3 Å². The number of fused-ring (bicyclic) bond motifs is 1. The van der Waals surface area contributed by atoms with Crippen LogP contribution in [0.4, 0.5) is 5.13 Å². The molecule has 146 valence electrons. The molecule has 0 N–H and O–H groups in total. The molecule has 0 saturated carbocycles. The van der Waals surface area contributed by atoms with Gasteiger partial charge in [0.15, 0.2) is 5.13 Å². The summed E-state index contributed by atoms with van der Waals surface area (Å²) in [6.45, 7) is 5.69. The van der Waals surface area contributed by atoms with Gasteiger partial charge in [0.2, 0.25) is 0 Å². The van der Waals surface area contributed by atoms with Gasteiger partial charge in [-0.3, -0.25) is 14.4 Å². The number of halogens is 1. The highest BCUT2D eigenvalue weighted by Gasteiger charge is 2.24. The SMILES string of the molecule is Cc1ccc(C)c2sc(N(CCCN(C)C)C(=O)c3ccnn3C)nc12.Cl. The summed E-state index contributed by atoms with van der Waals surface area (Å²) in [5.41, 5.74) is 3.88. The van der Waals surface area contributed by atoms with Gasteiger partial charge in [-0.1, -0.05) is 23.5 Å². The van der Waals surface area contributed by atoms with Gasteiger partial charge in [0.25, 0.3) is 5.91 Å². The molecule has 1 aromatic carbocycles. The number of aromatic nitrogens is 3. The van der Waals surface area contributed by atoms with Crippen molar-refractivity contribution >= 4 is 45.0 Å². The molecule has 0 spiro atoms. The van der Waals surface area contributed by atoms with Crippen LogP contribution in [0.25, 0.3) is 10.2 Å². The van der Waals surface area contributed by atoms with E-state index in [9.17, 15) is 4.79 Å². The van der Waals surface area contributed by atoms with E-state index in [2.05, 4.69) is 36.0 Å². The van der Waals surface area contributed by atoms with E-state index in [1.807, 2.05) is 14.1 Å². The Morgan fingerprint density at radius 1 is 1.15 bits per heavy atom. The number of nitrogens with zero attached hydrogens (tertiary/aromatic N) is 5. The fourth-order valence-corrected chi connectivity index (χ4v) is 4.05. The fourth-order valence-electron chi connectivity index (χ4n) is 2.91. The molecule has 1 amide bonds. The Morgan fingerprint density at radius 2 is 1.85 bits per heavy atom. The largest absolute Gasteiger partial charge is 0.309 e. The molecule has 0 aliphatic rings. The first-order valence-corrected chi connectivity index (χ1v) is 9.51. The molecule has 0 atom stereocenters. The normalized spacial score (nSPS) is 11.0. The van der Waals surface area contributed by atoms with E-state index in [-0.39, 0.29) is 18.3 Å². The third-order valence-corrected chi connectivity index (χ3v) is 5.65. The Balaban J connectivity index is 0.00000261. The van der Waals surface area contributed by atoms with Gasteiger partial charge in [-0.25, -0.2) is 4.98 Å². The molecule has 8 heteroatoms. The molecule has 0 bridgehead atoms. The van der Waals surface area contributed by atoms with Crippen LogP contribution in [0.5, 0.6) is 0 Å². The molecule has 27 heavy (non-hydrogen) atoms. The molecule has 2 heterocycles. The summed E-state index contributed by atoms with van der Waals surface area (Å²) in [5, 5.41) is 4.89. The minimum absolute atomic E-state index is 0. The third kappa shape index (κ3) is 4.48. The molecule has 3 rings (SSSR count). The quantitative estimate of drug-likeness (QED) is 0.625. The molecule has 6 nitrogen and oxygen atoms in total. The molecule has 0 unspecified atom stereocenters. The van der Waals surface area contributed by atoms with Crippen molar-refractivity contribution < 1.29 is 4.79 Å². The average molecular weight is 408 g/mol. The monoisotopic (exact) mass is 407 g/mol. The second-order valence-corrected chi connectivity index (χ2v) is 7.80. The predicted molar refractivity (Wildman–Crippen MR) is 114 cm³/mol. The first-order valence-electron chi connectivity index (χ1n) is 8.70. The summed E-state index contributed by atoms with van der Waals surface area (Å²) >= 11 is 1.59. The van der Waals surface area contributed by atoms with Crippen molar-refractivity contribution in [1.29, 1.82) is 0 Å². The van der Waals surface area contributed by atoms with E-state index < -0.39 is 0 Å². The Hall–Kier alpha value is -1.96. The van der Waals surface area contributed by atoms with Crippen LogP contribution in [0.15, 0.2) is 24.4 Å². The highest BCUT2D eigenvalue weighted by molar-refractivity contribution is 7.22. The number of benzene rings is 1. The van der Waals surface area contributed by atoms with Crippen LogP contribution in [0.1, 0.15) is 28.0 Å². The predicted octanol–water partition coefficient (Wildman–Crippen LogP) is 3.67. The van der Waals surface area contributed by atoms with E-state index in [4.69, 9.17) is 4.98 Å². The van der Waals surface area contributed by atoms with Gasteiger partial charge in [-0.05, 0) is 58.1 Å². The lowest BCUT2D eigenvalue weighted by Crippen LogP contribution is -2.34. The Labute approximate surface area is 170 Å². The summed E-state index contributed by atoms with van der Waals surface area (Å²) in [4.78, 5) is 21.9. The lowest BCUT2D eigenvalue weighted by molar-refractivity contribution is 0.0977. The van der Waals surface area contributed by atoms with Crippen LogP contribution in [-0.4, -0.2) is 52.8 Å². The zero-order chi connectivity index (χ0) is 18.8. The fraction of sp³-hybridized carbons (Fsp3) is 0.421. The number of thiazole rings is 1. The van der Waals surface area contributed by atoms with Crippen LogP contribution in [0.3, 0.4) is 0 Å². The molecule has 0 fully saturated rings. The number of hydrogen-bond donors (Lipinski definition) is 0. The molecule has 0 aliphatic heterocycles. The number of hydrogen-bond acceptors (Lipinski definition) is 5. The van der Waals surface area contributed by atoms with E-state index in [0.717, 1.165) is 33.9 Å². The average Bonchev–Trinajstić information content (AvgIpc) is 3.21. The van der Waals surface area contributed by atoms with Crippen LogP contribution < -0.4 is 4.90 Å². The van der Waals surface area contributed by atoms with Gasteiger partial charge >= 0.3 is 0 Å². The Bertz CT molecular complexity index is 894. The maximum atomic E-state index is 13.2. The molecule has 3 aromatic rings. The Morgan fingerprint density at radius 3 is 2.44 bits per heavy atom. The zero-order valence-corrected chi connectivity index (χ0v) is 18.0. The van der Waals surface area contributed by atoms with Crippen molar-refractivity contribution in [2.75, 3.05) is 32.1 Å². The third-order valence-electron chi connectivity index (χ3n) is 4.43. The van der Waals surface area contributed by atoms with E-state index in [1.54, 1.807) is 40.2 Å².